The van der Waals surface area contributed by atoms with Crippen molar-refractivity contribution in [3.8, 4) is 0 Å². The molecule has 0 bridgehead atoms. The predicted octanol–water partition coefficient (Wildman–Crippen LogP) is 2.97. The van der Waals surface area contributed by atoms with Crippen molar-refractivity contribution in [2.24, 2.45) is 0 Å². The quantitative estimate of drug-likeness (QED) is 0.926. The number of nitrogens with zero attached hydrogens (tertiary/aromatic N) is 1. The van der Waals surface area contributed by atoms with Crippen LogP contribution in [0.15, 0.2) is 48.5 Å². The Morgan fingerprint density at radius 1 is 1.12 bits per heavy atom. The molecule has 3 rings (SSSR count). The van der Waals surface area contributed by atoms with E-state index in [1.807, 2.05) is 53.4 Å². The number of carbonyl (C=O) groups excluding carboxylic acids is 1. The number of hydrogen-bond acceptors (Lipinski definition) is 3. The second kappa shape index (κ2) is 7.79. The van der Waals surface area contributed by atoms with Gasteiger partial charge >= 0.3 is 0 Å². The molecule has 24 heavy (non-hydrogen) atoms. The SMILES string of the molecule is O=C(Cc1ccc(CO)cc1)N1CCOC(c2ccc(Cl)cc2)C1. The van der Waals surface area contributed by atoms with E-state index in [0.29, 0.717) is 31.1 Å². The highest BCUT2D eigenvalue weighted by molar-refractivity contribution is 6.30. The first kappa shape index (κ1) is 17.0. The highest BCUT2D eigenvalue weighted by Crippen LogP contribution is 2.24. The Labute approximate surface area is 146 Å². The van der Waals surface area contributed by atoms with Gasteiger partial charge in [-0.15, -0.1) is 0 Å². The van der Waals surface area contributed by atoms with Crippen molar-refractivity contribution in [3.05, 3.63) is 70.2 Å². The van der Waals surface area contributed by atoms with Gasteiger partial charge in [-0.2, -0.15) is 0 Å². The van der Waals surface area contributed by atoms with Crippen LogP contribution in [-0.2, 0) is 22.6 Å². The molecular formula is C19H20ClNO3. The molecule has 0 radical (unpaired) electrons. The maximum absolute atomic E-state index is 12.6. The molecule has 1 heterocycles. The average Bonchev–Trinajstić information content (AvgIpc) is 2.63. The van der Waals surface area contributed by atoms with Crippen molar-refractivity contribution in [1.29, 1.82) is 0 Å². The van der Waals surface area contributed by atoms with Gasteiger partial charge in [-0.05, 0) is 28.8 Å². The van der Waals surface area contributed by atoms with E-state index in [0.717, 1.165) is 16.7 Å². The first-order valence-electron chi connectivity index (χ1n) is 7.99. The minimum Gasteiger partial charge on any atom is -0.392 e. The average molecular weight is 346 g/mol. The molecule has 4 nitrogen and oxygen atoms in total. The van der Waals surface area contributed by atoms with Gasteiger partial charge in [-0.1, -0.05) is 48.0 Å². The van der Waals surface area contributed by atoms with Crippen LogP contribution in [0.2, 0.25) is 5.02 Å². The molecule has 126 valence electrons. The summed E-state index contributed by atoms with van der Waals surface area (Å²) in [5.74, 6) is 0.0917. The molecule has 1 atom stereocenters. The third-order valence-electron chi connectivity index (χ3n) is 4.22. The molecule has 1 saturated heterocycles. The number of morpholine rings is 1. The summed E-state index contributed by atoms with van der Waals surface area (Å²) in [4.78, 5) is 14.4. The number of ether oxygens (including phenoxy) is 1. The Morgan fingerprint density at radius 3 is 2.46 bits per heavy atom. The molecule has 1 fully saturated rings. The summed E-state index contributed by atoms with van der Waals surface area (Å²) in [6.07, 6.45) is 0.246. The molecule has 1 aliphatic rings. The molecular weight excluding hydrogens is 326 g/mol. The lowest BCUT2D eigenvalue weighted by Crippen LogP contribution is -2.42. The van der Waals surface area contributed by atoms with Gasteiger partial charge in [0.2, 0.25) is 5.91 Å². The summed E-state index contributed by atoms with van der Waals surface area (Å²) < 4.78 is 5.80. The number of aliphatic hydroxyl groups excluding tert-OH is 1. The molecule has 0 saturated carbocycles. The fourth-order valence-corrected chi connectivity index (χ4v) is 2.93. The highest BCUT2D eigenvalue weighted by Gasteiger charge is 2.25. The van der Waals surface area contributed by atoms with E-state index in [1.165, 1.54) is 0 Å². The van der Waals surface area contributed by atoms with E-state index in [1.54, 1.807) is 0 Å². The summed E-state index contributed by atoms with van der Waals surface area (Å²) in [5.41, 5.74) is 2.83. The summed E-state index contributed by atoms with van der Waals surface area (Å²) in [6.45, 7) is 1.70. The van der Waals surface area contributed by atoms with Crippen LogP contribution < -0.4 is 0 Å². The summed E-state index contributed by atoms with van der Waals surface area (Å²) in [7, 11) is 0. The third kappa shape index (κ3) is 4.15. The van der Waals surface area contributed by atoms with Crippen molar-refractivity contribution in [3.63, 3.8) is 0 Å². The molecule has 1 N–H and O–H groups in total. The van der Waals surface area contributed by atoms with Crippen LogP contribution in [-0.4, -0.2) is 35.6 Å². The zero-order chi connectivity index (χ0) is 16.9. The van der Waals surface area contributed by atoms with E-state index in [4.69, 9.17) is 21.4 Å². The first-order valence-corrected chi connectivity index (χ1v) is 8.37. The normalized spacial score (nSPS) is 17.8. The van der Waals surface area contributed by atoms with Crippen LogP contribution in [0, 0.1) is 0 Å². The molecule has 1 unspecified atom stereocenters. The number of carbonyl (C=O) groups is 1. The Kier molecular flexibility index (Phi) is 5.51. The fourth-order valence-electron chi connectivity index (χ4n) is 2.80. The molecule has 0 aliphatic carbocycles. The lowest BCUT2D eigenvalue weighted by molar-refractivity contribution is -0.138. The first-order chi connectivity index (χ1) is 11.7. The predicted molar refractivity (Wildman–Crippen MR) is 92.8 cm³/mol. The minimum atomic E-state index is -0.114. The van der Waals surface area contributed by atoms with Crippen molar-refractivity contribution >= 4 is 17.5 Å². The van der Waals surface area contributed by atoms with Crippen molar-refractivity contribution in [2.75, 3.05) is 19.7 Å². The van der Waals surface area contributed by atoms with E-state index in [-0.39, 0.29) is 18.6 Å². The van der Waals surface area contributed by atoms with Crippen LogP contribution in [0.1, 0.15) is 22.8 Å². The molecule has 2 aromatic rings. The topological polar surface area (TPSA) is 49.8 Å². The standard InChI is InChI=1S/C19H20ClNO3/c20-17-7-5-16(6-8-17)18-12-21(9-10-24-18)19(23)11-14-1-3-15(13-22)4-2-14/h1-8,18,22H,9-13H2. The van der Waals surface area contributed by atoms with Crippen LogP contribution >= 0.6 is 11.6 Å². The Morgan fingerprint density at radius 2 is 1.79 bits per heavy atom. The Bertz CT molecular complexity index is 685. The Balaban J connectivity index is 1.63. The van der Waals surface area contributed by atoms with E-state index >= 15 is 0 Å². The van der Waals surface area contributed by atoms with Gasteiger partial charge in [0.25, 0.3) is 0 Å². The van der Waals surface area contributed by atoms with Crippen LogP contribution in [0.25, 0.3) is 0 Å². The van der Waals surface area contributed by atoms with Crippen molar-refractivity contribution in [1.82, 2.24) is 4.90 Å². The highest BCUT2D eigenvalue weighted by atomic mass is 35.5. The number of amides is 1. The monoisotopic (exact) mass is 345 g/mol. The van der Waals surface area contributed by atoms with Gasteiger partial charge in [0, 0.05) is 11.6 Å². The van der Waals surface area contributed by atoms with Gasteiger partial charge < -0.3 is 14.7 Å². The fraction of sp³-hybridized carbons (Fsp3) is 0.316. The molecule has 1 amide bonds. The second-order valence-corrected chi connectivity index (χ2v) is 6.34. The molecule has 0 spiro atoms. The molecule has 0 aromatic heterocycles. The molecule has 1 aliphatic heterocycles. The van der Waals surface area contributed by atoms with Crippen LogP contribution in [0.3, 0.4) is 0 Å². The van der Waals surface area contributed by atoms with Crippen LogP contribution in [0.5, 0.6) is 0 Å². The zero-order valence-corrected chi connectivity index (χ0v) is 14.1. The second-order valence-electron chi connectivity index (χ2n) is 5.90. The summed E-state index contributed by atoms with van der Waals surface area (Å²) in [5, 5.41) is 9.76. The zero-order valence-electron chi connectivity index (χ0n) is 13.3. The van der Waals surface area contributed by atoms with E-state index < -0.39 is 0 Å². The minimum absolute atomic E-state index is 0.0143. The summed E-state index contributed by atoms with van der Waals surface area (Å²) in [6, 6.07) is 15.0. The van der Waals surface area contributed by atoms with E-state index in [2.05, 4.69) is 0 Å². The third-order valence-corrected chi connectivity index (χ3v) is 4.47. The lowest BCUT2D eigenvalue weighted by atomic mass is 10.1. The number of halogens is 1. The molecule has 5 heteroatoms. The number of aliphatic hydroxyl groups is 1. The maximum atomic E-state index is 12.6. The number of rotatable bonds is 4. The van der Waals surface area contributed by atoms with Crippen molar-refractivity contribution < 1.29 is 14.6 Å². The van der Waals surface area contributed by atoms with Crippen LogP contribution in [0.4, 0.5) is 0 Å². The van der Waals surface area contributed by atoms with E-state index in [9.17, 15) is 4.79 Å². The summed E-state index contributed by atoms with van der Waals surface area (Å²) >= 11 is 5.92. The maximum Gasteiger partial charge on any atom is 0.227 e. The van der Waals surface area contributed by atoms with Gasteiger partial charge in [-0.3, -0.25) is 4.79 Å². The number of benzene rings is 2. The van der Waals surface area contributed by atoms with Crippen molar-refractivity contribution in [2.45, 2.75) is 19.1 Å². The lowest BCUT2D eigenvalue weighted by Gasteiger charge is -2.33. The smallest absolute Gasteiger partial charge is 0.227 e. The van der Waals surface area contributed by atoms with Gasteiger partial charge in [-0.25, -0.2) is 0 Å². The van der Waals surface area contributed by atoms with Gasteiger partial charge in [0.1, 0.15) is 6.10 Å². The largest absolute Gasteiger partial charge is 0.392 e. The number of hydrogen-bond donors (Lipinski definition) is 1. The van der Waals surface area contributed by atoms with Gasteiger partial charge in [0.05, 0.1) is 26.2 Å². The Hall–Kier alpha value is -1.88. The molecule has 2 aromatic carbocycles. The van der Waals surface area contributed by atoms with Gasteiger partial charge in [0.15, 0.2) is 0 Å².